The largest absolute Gasteiger partial charge is 0.369 e. The molecule has 2 N–H and O–H groups in total. The lowest BCUT2D eigenvalue weighted by atomic mass is 9.97. The van der Waals surface area contributed by atoms with Crippen molar-refractivity contribution in [2.24, 2.45) is 11.7 Å². The number of rotatable bonds is 6. The molecule has 1 aliphatic heterocycles. The van der Waals surface area contributed by atoms with Gasteiger partial charge in [-0.3, -0.25) is 14.5 Å². The van der Waals surface area contributed by atoms with Gasteiger partial charge in [-0.25, -0.2) is 0 Å². The number of likely N-dealkylation sites (tertiary alicyclic amines) is 1. The molecule has 1 heterocycles. The van der Waals surface area contributed by atoms with Crippen LogP contribution in [0.1, 0.15) is 31.2 Å². The Bertz CT molecular complexity index is 557. The van der Waals surface area contributed by atoms with E-state index in [-0.39, 0.29) is 17.7 Å². The lowest BCUT2D eigenvalue weighted by molar-refractivity contribution is -0.136. The maximum absolute atomic E-state index is 12.6. The Hall–Kier alpha value is -1.88. The van der Waals surface area contributed by atoms with Crippen LogP contribution in [0.4, 0.5) is 0 Å². The van der Waals surface area contributed by atoms with Crippen LogP contribution in [0.3, 0.4) is 0 Å². The topological polar surface area (TPSA) is 66.6 Å². The van der Waals surface area contributed by atoms with Gasteiger partial charge < -0.3 is 10.6 Å². The predicted molar refractivity (Wildman–Crippen MR) is 88.4 cm³/mol. The molecule has 124 valence electrons. The first-order valence-electron chi connectivity index (χ1n) is 8.48. The van der Waals surface area contributed by atoms with E-state index in [1.807, 2.05) is 23.1 Å². The highest BCUT2D eigenvalue weighted by atomic mass is 16.2. The van der Waals surface area contributed by atoms with Gasteiger partial charge in [0.25, 0.3) is 0 Å². The standard InChI is InChI=1S/C18H25N3O2/c19-18(23)15-7-4-10-20(12-15)17(22)13-21(16-8-9-16)11-14-5-2-1-3-6-14/h1-3,5-6,15-16H,4,7-13H2,(H2,19,23). The van der Waals surface area contributed by atoms with Crippen LogP contribution in [0.25, 0.3) is 0 Å². The van der Waals surface area contributed by atoms with E-state index >= 15 is 0 Å². The maximum Gasteiger partial charge on any atom is 0.236 e. The SMILES string of the molecule is NC(=O)C1CCCN(C(=O)CN(Cc2ccccc2)C2CC2)C1. The van der Waals surface area contributed by atoms with Crippen LogP contribution >= 0.6 is 0 Å². The molecule has 1 saturated carbocycles. The third kappa shape index (κ3) is 4.32. The Balaban J connectivity index is 1.59. The quantitative estimate of drug-likeness (QED) is 0.862. The maximum atomic E-state index is 12.6. The number of piperidine rings is 1. The molecular formula is C18H25N3O2. The van der Waals surface area contributed by atoms with E-state index in [4.69, 9.17) is 5.73 Å². The van der Waals surface area contributed by atoms with Crippen molar-refractivity contribution in [2.45, 2.75) is 38.3 Å². The monoisotopic (exact) mass is 315 g/mol. The first-order chi connectivity index (χ1) is 11.1. The summed E-state index contributed by atoms with van der Waals surface area (Å²) in [7, 11) is 0. The van der Waals surface area contributed by atoms with Gasteiger partial charge in [-0.1, -0.05) is 30.3 Å². The van der Waals surface area contributed by atoms with Gasteiger partial charge in [0.15, 0.2) is 0 Å². The fourth-order valence-corrected chi connectivity index (χ4v) is 3.28. The van der Waals surface area contributed by atoms with Crippen molar-refractivity contribution >= 4 is 11.8 Å². The minimum atomic E-state index is -0.286. The molecule has 1 aliphatic carbocycles. The first-order valence-corrected chi connectivity index (χ1v) is 8.48. The lowest BCUT2D eigenvalue weighted by Crippen LogP contribution is -2.47. The molecule has 1 unspecified atom stereocenters. The summed E-state index contributed by atoms with van der Waals surface area (Å²) >= 11 is 0. The highest BCUT2D eigenvalue weighted by molar-refractivity contribution is 5.81. The highest BCUT2D eigenvalue weighted by Crippen LogP contribution is 2.28. The molecule has 1 saturated heterocycles. The second-order valence-corrected chi connectivity index (χ2v) is 6.70. The average molecular weight is 315 g/mol. The third-order valence-electron chi connectivity index (χ3n) is 4.81. The molecule has 5 heteroatoms. The summed E-state index contributed by atoms with van der Waals surface area (Å²) in [5.74, 6) is -0.346. The van der Waals surface area contributed by atoms with Gasteiger partial charge >= 0.3 is 0 Å². The number of amides is 2. The fraction of sp³-hybridized carbons (Fsp3) is 0.556. The van der Waals surface area contributed by atoms with Crippen LogP contribution in [-0.2, 0) is 16.1 Å². The van der Waals surface area contributed by atoms with Crippen LogP contribution in [0.5, 0.6) is 0 Å². The van der Waals surface area contributed by atoms with Crippen molar-refractivity contribution in [3.63, 3.8) is 0 Å². The van der Waals surface area contributed by atoms with Crippen LogP contribution in [0.2, 0.25) is 0 Å². The minimum Gasteiger partial charge on any atom is -0.369 e. The van der Waals surface area contributed by atoms with Crippen LogP contribution in [-0.4, -0.2) is 47.3 Å². The molecule has 0 bridgehead atoms. The second kappa shape index (κ2) is 7.13. The Morgan fingerprint density at radius 1 is 1.17 bits per heavy atom. The molecule has 1 aromatic carbocycles. The Labute approximate surface area is 137 Å². The molecule has 2 amide bonds. The normalized spacial score (nSPS) is 21.4. The molecule has 0 radical (unpaired) electrons. The van der Waals surface area contributed by atoms with Gasteiger partial charge in [0.1, 0.15) is 0 Å². The van der Waals surface area contributed by atoms with Gasteiger partial charge in [-0.05, 0) is 31.2 Å². The van der Waals surface area contributed by atoms with Crippen molar-refractivity contribution in [2.75, 3.05) is 19.6 Å². The second-order valence-electron chi connectivity index (χ2n) is 6.70. The molecule has 0 spiro atoms. The number of hydrogen-bond acceptors (Lipinski definition) is 3. The molecule has 1 atom stereocenters. The van der Waals surface area contributed by atoms with E-state index < -0.39 is 0 Å². The summed E-state index contributed by atoms with van der Waals surface area (Å²) in [5.41, 5.74) is 6.64. The first kappa shape index (κ1) is 16.0. The molecule has 3 rings (SSSR count). The van der Waals surface area contributed by atoms with E-state index in [9.17, 15) is 9.59 Å². The number of carbonyl (C=O) groups excluding carboxylic acids is 2. The van der Waals surface area contributed by atoms with Crippen LogP contribution in [0, 0.1) is 5.92 Å². The van der Waals surface area contributed by atoms with Crippen molar-refractivity contribution in [3.05, 3.63) is 35.9 Å². The van der Waals surface area contributed by atoms with E-state index in [0.29, 0.717) is 19.1 Å². The minimum absolute atomic E-state index is 0.124. The average Bonchev–Trinajstić information content (AvgIpc) is 3.40. The van der Waals surface area contributed by atoms with Gasteiger partial charge in [-0.2, -0.15) is 0 Å². The number of benzene rings is 1. The van der Waals surface area contributed by atoms with Gasteiger partial charge in [0.05, 0.1) is 12.5 Å². The smallest absolute Gasteiger partial charge is 0.236 e. The predicted octanol–water partition coefficient (Wildman–Crippen LogP) is 1.37. The lowest BCUT2D eigenvalue weighted by Gasteiger charge is -2.33. The molecule has 2 aliphatic rings. The van der Waals surface area contributed by atoms with Crippen LogP contribution in [0.15, 0.2) is 30.3 Å². The summed E-state index contributed by atoms with van der Waals surface area (Å²) in [6, 6.07) is 10.8. The molecule has 2 fully saturated rings. The summed E-state index contributed by atoms with van der Waals surface area (Å²) in [5, 5.41) is 0. The molecule has 0 aromatic heterocycles. The fourth-order valence-electron chi connectivity index (χ4n) is 3.28. The summed E-state index contributed by atoms with van der Waals surface area (Å²) in [4.78, 5) is 28.1. The van der Waals surface area contributed by atoms with Crippen molar-refractivity contribution < 1.29 is 9.59 Å². The van der Waals surface area contributed by atoms with Gasteiger partial charge in [0.2, 0.25) is 11.8 Å². The molecular weight excluding hydrogens is 290 g/mol. The van der Waals surface area contributed by atoms with Crippen molar-refractivity contribution in [1.82, 2.24) is 9.80 Å². The number of hydrogen-bond donors (Lipinski definition) is 1. The number of nitrogens with zero attached hydrogens (tertiary/aromatic N) is 2. The van der Waals surface area contributed by atoms with E-state index in [1.165, 1.54) is 18.4 Å². The molecule has 1 aromatic rings. The van der Waals surface area contributed by atoms with Crippen molar-refractivity contribution in [1.29, 1.82) is 0 Å². The van der Waals surface area contributed by atoms with Crippen LogP contribution < -0.4 is 5.73 Å². The zero-order chi connectivity index (χ0) is 16.2. The van der Waals surface area contributed by atoms with E-state index in [1.54, 1.807) is 0 Å². The molecule has 5 nitrogen and oxygen atoms in total. The number of nitrogens with two attached hydrogens (primary N) is 1. The van der Waals surface area contributed by atoms with Gasteiger partial charge in [-0.15, -0.1) is 0 Å². The van der Waals surface area contributed by atoms with Crippen molar-refractivity contribution in [3.8, 4) is 0 Å². The molecule has 23 heavy (non-hydrogen) atoms. The summed E-state index contributed by atoms with van der Waals surface area (Å²) in [6.45, 7) is 2.47. The zero-order valence-electron chi connectivity index (χ0n) is 13.5. The third-order valence-corrected chi connectivity index (χ3v) is 4.81. The Morgan fingerprint density at radius 3 is 2.57 bits per heavy atom. The summed E-state index contributed by atoms with van der Waals surface area (Å²) < 4.78 is 0. The Morgan fingerprint density at radius 2 is 1.91 bits per heavy atom. The van der Waals surface area contributed by atoms with Gasteiger partial charge in [0, 0.05) is 25.7 Å². The number of primary amides is 1. The zero-order valence-corrected chi connectivity index (χ0v) is 13.5. The number of carbonyl (C=O) groups is 2. The van der Waals surface area contributed by atoms with E-state index in [2.05, 4.69) is 17.0 Å². The van der Waals surface area contributed by atoms with E-state index in [0.717, 1.165) is 25.9 Å². The highest BCUT2D eigenvalue weighted by Gasteiger charge is 2.33. The summed E-state index contributed by atoms with van der Waals surface area (Å²) in [6.07, 6.45) is 4.00. The Kier molecular flexibility index (Phi) is 4.96.